The van der Waals surface area contributed by atoms with Crippen molar-refractivity contribution in [3.63, 3.8) is 0 Å². The van der Waals surface area contributed by atoms with E-state index in [4.69, 9.17) is 24.3 Å². The largest absolute Gasteiger partial charge is 0.461 e. The molecule has 6 atom stereocenters. The van der Waals surface area contributed by atoms with Crippen LogP contribution in [0.5, 0.6) is 5.75 Å². The van der Waals surface area contributed by atoms with E-state index in [1.54, 1.807) is 18.2 Å². The number of aliphatic imine (C=N–C) groups is 1. The van der Waals surface area contributed by atoms with Crippen LogP contribution >= 0.6 is 7.60 Å². The molecule has 1 aromatic carbocycles. The van der Waals surface area contributed by atoms with Crippen molar-refractivity contribution in [1.82, 2.24) is 9.55 Å². The van der Waals surface area contributed by atoms with Gasteiger partial charge in [0.15, 0.2) is 18.0 Å². The normalized spacial score (nSPS) is 29.2. The lowest BCUT2D eigenvalue weighted by Gasteiger charge is -2.26. The number of alkyl halides is 2. The van der Waals surface area contributed by atoms with Gasteiger partial charge in [-0.05, 0) is 57.7 Å². The van der Waals surface area contributed by atoms with Gasteiger partial charge in [-0.25, -0.2) is 22.9 Å². The van der Waals surface area contributed by atoms with E-state index in [1.165, 1.54) is 25.1 Å². The number of hydrogen-bond donors (Lipinski definition) is 2. The number of halogens is 2. The zero-order valence-electron chi connectivity index (χ0n) is 22.6. The van der Waals surface area contributed by atoms with Crippen LogP contribution in [0, 0.1) is 0 Å². The number of aliphatic hydroxyl groups excluding tert-OH is 1. The zero-order chi connectivity index (χ0) is 29.8. The molecule has 1 saturated carbocycles. The molecule has 2 aliphatic rings. The maximum absolute atomic E-state index is 15.9. The summed E-state index contributed by atoms with van der Waals surface area (Å²) in [7, 11) is -4.50. The third-order valence-electron chi connectivity index (χ3n) is 6.86. The summed E-state index contributed by atoms with van der Waals surface area (Å²) in [5.74, 6) is -3.29. The van der Waals surface area contributed by atoms with Gasteiger partial charge < -0.3 is 24.8 Å². The third kappa shape index (κ3) is 7.18. The van der Waals surface area contributed by atoms with Gasteiger partial charge in [0.1, 0.15) is 36.3 Å². The van der Waals surface area contributed by atoms with Crippen LogP contribution in [0.15, 0.2) is 52.4 Å². The van der Waals surface area contributed by atoms with Gasteiger partial charge in [0.2, 0.25) is 0 Å². The highest BCUT2D eigenvalue weighted by Crippen LogP contribution is 2.51. The molecule has 3 N–H and O–H groups in total. The molecule has 224 valence electrons. The first-order chi connectivity index (χ1) is 19.3. The van der Waals surface area contributed by atoms with Crippen molar-refractivity contribution >= 4 is 25.3 Å². The fraction of sp³-hybridized carbons (Fsp3) is 0.538. The minimum Gasteiger partial charge on any atom is -0.461 e. The zero-order valence-corrected chi connectivity index (χ0v) is 23.5. The molecule has 1 aromatic heterocycles. The van der Waals surface area contributed by atoms with Gasteiger partial charge in [0.05, 0.1) is 0 Å². The summed E-state index contributed by atoms with van der Waals surface area (Å²) in [6, 6.07) is 7.81. The molecule has 1 aliphatic heterocycles. The molecule has 0 bridgehead atoms. The fourth-order valence-electron chi connectivity index (χ4n) is 4.55. The number of carbonyl (C=O) groups is 1. The van der Waals surface area contributed by atoms with Crippen LogP contribution in [0.2, 0.25) is 0 Å². The van der Waals surface area contributed by atoms with Crippen LogP contribution in [0.3, 0.4) is 0 Å². The minimum atomic E-state index is -4.50. The lowest BCUT2D eigenvalue weighted by Crippen LogP contribution is -2.47. The number of ether oxygens (including phenoxy) is 2. The molecule has 2 fully saturated rings. The Morgan fingerprint density at radius 3 is 2.63 bits per heavy atom. The summed E-state index contributed by atoms with van der Waals surface area (Å²) >= 11 is 0. The van der Waals surface area contributed by atoms with Crippen molar-refractivity contribution in [1.29, 1.82) is 0 Å². The highest BCUT2D eigenvalue weighted by molar-refractivity contribution is 7.70. The number of anilines is 1. The molecule has 0 spiro atoms. The Kier molecular flexibility index (Phi) is 9.27. The molecule has 1 unspecified atom stereocenters. The van der Waals surface area contributed by atoms with E-state index in [0.717, 1.165) is 51.2 Å². The Bertz CT molecular complexity index is 1350. The number of nitrogen functional groups attached to an aromatic ring is 1. The molecule has 2 heterocycles. The first kappa shape index (κ1) is 30.8. The highest BCUT2D eigenvalue weighted by atomic mass is 31.2. The lowest BCUT2D eigenvalue weighted by molar-refractivity contribution is -0.203. The van der Waals surface area contributed by atoms with Crippen molar-refractivity contribution in [3.05, 3.63) is 53.1 Å². The van der Waals surface area contributed by atoms with Gasteiger partial charge >= 0.3 is 19.3 Å². The molecule has 1 aliphatic carbocycles. The van der Waals surface area contributed by atoms with Gasteiger partial charge in [0.25, 0.3) is 5.85 Å². The molecule has 41 heavy (non-hydrogen) atoms. The minimum absolute atomic E-state index is 0.0632. The number of nitrogens with zero attached hydrogens (tertiary/aromatic N) is 3. The van der Waals surface area contributed by atoms with Gasteiger partial charge in [-0.3, -0.25) is 14.1 Å². The SMILES string of the molecule is C[C@H](N=CP(=O)(OC[C@@]1(F)O[C@@H](n2ccc(N)nc2=O)[C@](C)(F)[C@@H]1O)Oc1ccccc1)C(=O)OC1CCCCC1. The molecule has 0 radical (unpaired) electrons. The highest BCUT2D eigenvalue weighted by Gasteiger charge is 2.65. The first-order valence-electron chi connectivity index (χ1n) is 13.1. The second kappa shape index (κ2) is 12.4. The Hall–Kier alpha value is -3.19. The number of rotatable bonds is 10. The van der Waals surface area contributed by atoms with E-state index in [2.05, 4.69) is 9.98 Å². The summed E-state index contributed by atoms with van der Waals surface area (Å²) in [5.41, 5.74) is 1.56. The predicted molar refractivity (Wildman–Crippen MR) is 144 cm³/mol. The second-order valence-corrected chi connectivity index (χ2v) is 12.0. The molecule has 1 saturated heterocycles. The molecule has 2 aromatic rings. The van der Waals surface area contributed by atoms with E-state index in [9.17, 15) is 19.3 Å². The maximum atomic E-state index is 15.9. The Morgan fingerprint density at radius 2 is 1.98 bits per heavy atom. The van der Waals surface area contributed by atoms with E-state index >= 15 is 8.78 Å². The van der Waals surface area contributed by atoms with Crippen molar-refractivity contribution in [2.24, 2.45) is 4.99 Å². The number of aromatic nitrogens is 2. The average Bonchev–Trinajstić information content (AvgIpc) is 3.12. The predicted octanol–water partition coefficient (Wildman–Crippen LogP) is 3.69. The third-order valence-corrected chi connectivity index (χ3v) is 8.23. The fourth-order valence-corrected chi connectivity index (χ4v) is 5.85. The van der Waals surface area contributed by atoms with E-state index in [1.807, 2.05) is 0 Å². The van der Waals surface area contributed by atoms with E-state index < -0.39 is 55.8 Å². The lowest BCUT2D eigenvalue weighted by atomic mass is 9.97. The molecular formula is C26H33F2N4O8P. The van der Waals surface area contributed by atoms with Crippen LogP contribution in [-0.2, 0) is 23.4 Å². The van der Waals surface area contributed by atoms with E-state index in [0.29, 0.717) is 4.57 Å². The second-order valence-electron chi connectivity index (χ2n) is 10.2. The van der Waals surface area contributed by atoms with Crippen molar-refractivity contribution < 1.29 is 41.8 Å². The van der Waals surface area contributed by atoms with Crippen LogP contribution < -0.4 is 15.9 Å². The summed E-state index contributed by atoms with van der Waals surface area (Å²) in [6.45, 7) is 0.957. The van der Waals surface area contributed by atoms with Gasteiger partial charge in [-0.2, -0.15) is 4.98 Å². The maximum Gasteiger partial charge on any atom is 0.421 e. The van der Waals surface area contributed by atoms with Crippen LogP contribution in [0.4, 0.5) is 14.6 Å². The topological polar surface area (TPSA) is 165 Å². The number of para-hydroxylation sites is 1. The number of carbonyl (C=O) groups excluding carboxylic acids is 1. The summed E-state index contributed by atoms with van der Waals surface area (Å²) in [4.78, 5) is 32.2. The van der Waals surface area contributed by atoms with Gasteiger partial charge in [0, 0.05) is 6.20 Å². The number of benzene rings is 1. The monoisotopic (exact) mass is 598 g/mol. The van der Waals surface area contributed by atoms with Crippen LogP contribution in [0.25, 0.3) is 0 Å². The number of aliphatic hydroxyl groups is 1. The number of nitrogens with two attached hydrogens (primary N) is 1. The quantitative estimate of drug-likeness (QED) is 0.234. The van der Waals surface area contributed by atoms with Crippen molar-refractivity contribution in [2.75, 3.05) is 12.3 Å². The number of esters is 1. The summed E-state index contributed by atoms with van der Waals surface area (Å²) < 4.78 is 67.2. The van der Waals surface area contributed by atoms with E-state index in [-0.39, 0.29) is 17.7 Å². The summed E-state index contributed by atoms with van der Waals surface area (Å²) in [6.07, 6.45) is 0.816. The average molecular weight is 599 g/mol. The summed E-state index contributed by atoms with van der Waals surface area (Å²) in [5, 5.41) is 10.5. The molecular weight excluding hydrogens is 565 g/mol. The smallest absolute Gasteiger partial charge is 0.421 e. The van der Waals surface area contributed by atoms with Crippen molar-refractivity contribution in [3.8, 4) is 5.75 Å². The molecule has 15 heteroatoms. The Morgan fingerprint density at radius 1 is 1.29 bits per heavy atom. The Balaban J connectivity index is 1.52. The van der Waals surface area contributed by atoms with Gasteiger partial charge in [-0.1, -0.05) is 24.6 Å². The Labute approximate surface area is 235 Å². The first-order valence-corrected chi connectivity index (χ1v) is 14.8. The molecule has 4 rings (SSSR count). The van der Waals surface area contributed by atoms with Crippen LogP contribution in [0.1, 0.15) is 52.2 Å². The molecule has 0 amide bonds. The molecule has 12 nitrogen and oxygen atoms in total. The number of hydrogen-bond acceptors (Lipinski definition) is 11. The van der Waals surface area contributed by atoms with Gasteiger partial charge in [-0.15, -0.1) is 0 Å². The van der Waals surface area contributed by atoms with Crippen LogP contribution in [-0.4, -0.2) is 63.0 Å². The standard InChI is InChI=1S/C26H33F2N4O8P/c1-17(21(33)38-18-9-5-3-6-10-18)30-16-41(36,40-19-11-7-4-8-12-19)37-15-26(28)22(34)25(2,27)23(39-26)32-14-13-20(29)31-24(32)35/h4,7-8,11-14,16-18,22-23,34H,3,5-6,9-10,15H2,1-2H3,(H2,29,31,35)/t17-,22-,23+,25+,26+,41?/m0/s1. The van der Waals surface area contributed by atoms with Crippen molar-refractivity contribution in [2.45, 2.75) is 82.0 Å².